The first-order valence-corrected chi connectivity index (χ1v) is 7.16. The smallest absolute Gasteiger partial charge is 0.0139 e. The molecule has 1 rings (SSSR count). The normalized spacial score (nSPS) is 13.3. The molecule has 1 atom stereocenters. The van der Waals surface area contributed by atoms with Crippen molar-refractivity contribution in [3.63, 3.8) is 0 Å². The number of rotatable bonds is 7. The molecule has 0 aliphatic heterocycles. The molecule has 0 heterocycles. The molecule has 17 heavy (non-hydrogen) atoms. The Morgan fingerprint density at radius 3 is 1.94 bits per heavy atom. The Hall–Kier alpha value is -0.780. The average molecular weight is 232 g/mol. The molecule has 96 valence electrons. The summed E-state index contributed by atoms with van der Waals surface area (Å²) in [6.45, 7) is 9.33. The number of unbranched alkanes of at least 4 members (excludes halogenated alkanes) is 1. The van der Waals surface area contributed by atoms with Crippen LogP contribution in [0.15, 0.2) is 30.3 Å². The average Bonchev–Trinajstić information content (AvgIpc) is 2.29. The van der Waals surface area contributed by atoms with Crippen molar-refractivity contribution in [2.75, 3.05) is 0 Å². The van der Waals surface area contributed by atoms with Gasteiger partial charge in [0, 0.05) is 0 Å². The van der Waals surface area contributed by atoms with Crippen LogP contribution in [0.4, 0.5) is 0 Å². The zero-order valence-corrected chi connectivity index (χ0v) is 11.9. The van der Waals surface area contributed by atoms with Gasteiger partial charge in [-0.2, -0.15) is 0 Å². The van der Waals surface area contributed by atoms with Crippen LogP contribution in [0.1, 0.15) is 64.9 Å². The van der Waals surface area contributed by atoms with Crippen LogP contribution >= 0.6 is 0 Å². The fourth-order valence-corrected chi connectivity index (χ4v) is 2.50. The Kier molecular flexibility index (Phi) is 6.32. The second-order valence-corrected chi connectivity index (χ2v) is 5.94. The van der Waals surface area contributed by atoms with Gasteiger partial charge >= 0.3 is 0 Å². The van der Waals surface area contributed by atoms with Gasteiger partial charge < -0.3 is 0 Å². The summed E-state index contributed by atoms with van der Waals surface area (Å²) >= 11 is 0. The highest BCUT2D eigenvalue weighted by Gasteiger charge is 2.14. The van der Waals surface area contributed by atoms with Crippen LogP contribution in [0, 0.1) is 11.8 Å². The lowest BCUT2D eigenvalue weighted by Gasteiger charge is -2.21. The lowest BCUT2D eigenvalue weighted by molar-refractivity contribution is 0.432. The third-order valence-corrected chi connectivity index (χ3v) is 3.58. The van der Waals surface area contributed by atoms with Crippen molar-refractivity contribution in [1.29, 1.82) is 0 Å². The summed E-state index contributed by atoms with van der Waals surface area (Å²) < 4.78 is 0. The monoisotopic (exact) mass is 232 g/mol. The summed E-state index contributed by atoms with van der Waals surface area (Å²) in [5.74, 6) is 2.34. The number of benzene rings is 1. The molecule has 0 saturated carbocycles. The zero-order valence-electron chi connectivity index (χ0n) is 11.9. The molecule has 0 aromatic heterocycles. The highest BCUT2D eigenvalue weighted by Crippen LogP contribution is 2.29. The molecule has 1 aromatic carbocycles. The maximum atomic E-state index is 2.35. The van der Waals surface area contributed by atoms with Crippen LogP contribution in [-0.4, -0.2) is 0 Å². The van der Waals surface area contributed by atoms with Crippen molar-refractivity contribution >= 4 is 0 Å². The SMILES string of the molecule is CC(C)CCCCC(c1ccccc1)C(C)C. The van der Waals surface area contributed by atoms with E-state index in [1.807, 2.05) is 0 Å². The van der Waals surface area contributed by atoms with Crippen LogP contribution in [-0.2, 0) is 0 Å². The zero-order chi connectivity index (χ0) is 12.7. The van der Waals surface area contributed by atoms with Crippen molar-refractivity contribution in [3.8, 4) is 0 Å². The van der Waals surface area contributed by atoms with E-state index in [1.54, 1.807) is 0 Å². The van der Waals surface area contributed by atoms with Gasteiger partial charge in [-0.25, -0.2) is 0 Å². The Labute approximate surface area is 107 Å². The minimum Gasteiger partial charge on any atom is -0.0628 e. The maximum Gasteiger partial charge on any atom is -0.0139 e. The van der Waals surface area contributed by atoms with E-state index in [9.17, 15) is 0 Å². The van der Waals surface area contributed by atoms with Gasteiger partial charge in [-0.05, 0) is 29.7 Å². The van der Waals surface area contributed by atoms with E-state index in [-0.39, 0.29) is 0 Å². The van der Waals surface area contributed by atoms with Gasteiger partial charge in [0.2, 0.25) is 0 Å². The third kappa shape index (κ3) is 5.39. The fraction of sp³-hybridized carbons (Fsp3) is 0.647. The Morgan fingerprint density at radius 1 is 0.824 bits per heavy atom. The van der Waals surface area contributed by atoms with Crippen molar-refractivity contribution < 1.29 is 0 Å². The Morgan fingerprint density at radius 2 is 1.41 bits per heavy atom. The Bertz CT molecular complexity index is 284. The molecule has 0 radical (unpaired) electrons. The first kappa shape index (κ1) is 14.3. The van der Waals surface area contributed by atoms with Gasteiger partial charge in [0.05, 0.1) is 0 Å². The highest BCUT2D eigenvalue weighted by atomic mass is 14.2. The van der Waals surface area contributed by atoms with E-state index in [2.05, 4.69) is 58.0 Å². The highest BCUT2D eigenvalue weighted by molar-refractivity contribution is 5.19. The summed E-state index contributed by atoms with van der Waals surface area (Å²) in [6, 6.07) is 11.0. The van der Waals surface area contributed by atoms with Crippen LogP contribution in [0.25, 0.3) is 0 Å². The molecule has 0 spiro atoms. The van der Waals surface area contributed by atoms with Gasteiger partial charge in [0.15, 0.2) is 0 Å². The van der Waals surface area contributed by atoms with E-state index in [1.165, 1.54) is 31.2 Å². The molecule has 0 aliphatic carbocycles. The molecule has 0 aliphatic rings. The van der Waals surface area contributed by atoms with E-state index in [0.29, 0.717) is 0 Å². The fourth-order valence-electron chi connectivity index (χ4n) is 2.50. The van der Waals surface area contributed by atoms with Crippen LogP contribution in [0.5, 0.6) is 0 Å². The molecule has 0 nitrogen and oxygen atoms in total. The second-order valence-electron chi connectivity index (χ2n) is 5.94. The predicted octanol–water partition coefficient (Wildman–Crippen LogP) is 5.64. The van der Waals surface area contributed by atoms with E-state index >= 15 is 0 Å². The molecule has 1 unspecified atom stereocenters. The summed E-state index contributed by atoms with van der Waals surface area (Å²) in [7, 11) is 0. The minimum atomic E-state index is 0.739. The van der Waals surface area contributed by atoms with Crippen molar-refractivity contribution in [2.24, 2.45) is 11.8 Å². The van der Waals surface area contributed by atoms with Gasteiger partial charge in [0.25, 0.3) is 0 Å². The second kappa shape index (κ2) is 7.53. The van der Waals surface area contributed by atoms with E-state index in [0.717, 1.165) is 17.8 Å². The predicted molar refractivity (Wildman–Crippen MR) is 77.3 cm³/mol. The quantitative estimate of drug-likeness (QED) is 0.533. The van der Waals surface area contributed by atoms with E-state index < -0.39 is 0 Å². The van der Waals surface area contributed by atoms with E-state index in [4.69, 9.17) is 0 Å². The standard InChI is InChI=1S/C17H28/c1-14(2)10-8-9-13-17(15(3)4)16-11-6-5-7-12-16/h5-7,11-12,14-15,17H,8-10,13H2,1-4H3. The first-order chi connectivity index (χ1) is 8.11. The maximum absolute atomic E-state index is 2.35. The first-order valence-electron chi connectivity index (χ1n) is 7.16. The van der Waals surface area contributed by atoms with Crippen molar-refractivity contribution in [1.82, 2.24) is 0 Å². The summed E-state index contributed by atoms with van der Waals surface area (Å²) in [4.78, 5) is 0. The molecule has 0 saturated heterocycles. The van der Waals surface area contributed by atoms with Crippen LogP contribution in [0.2, 0.25) is 0 Å². The van der Waals surface area contributed by atoms with Gasteiger partial charge in [0.1, 0.15) is 0 Å². The van der Waals surface area contributed by atoms with Crippen LogP contribution in [0.3, 0.4) is 0 Å². The van der Waals surface area contributed by atoms with Gasteiger partial charge in [-0.15, -0.1) is 0 Å². The number of hydrogen-bond acceptors (Lipinski definition) is 0. The summed E-state index contributed by atoms with van der Waals surface area (Å²) in [5, 5.41) is 0. The third-order valence-electron chi connectivity index (χ3n) is 3.58. The molecular formula is C17H28. The van der Waals surface area contributed by atoms with Crippen LogP contribution < -0.4 is 0 Å². The molecule has 0 N–H and O–H groups in total. The molecular weight excluding hydrogens is 204 g/mol. The summed E-state index contributed by atoms with van der Waals surface area (Å²) in [5.41, 5.74) is 1.52. The lowest BCUT2D eigenvalue weighted by atomic mass is 9.84. The largest absolute Gasteiger partial charge is 0.0628 e. The van der Waals surface area contributed by atoms with Crippen molar-refractivity contribution in [2.45, 2.75) is 59.3 Å². The topological polar surface area (TPSA) is 0 Å². The number of hydrogen-bond donors (Lipinski definition) is 0. The lowest BCUT2D eigenvalue weighted by Crippen LogP contribution is -2.06. The molecule has 0 fully saturated rings. The summed E-state index contributed by atoms with van der Waals surface area (Å²) in [6.07, 6.45) is 5.47. The van der Waals surface area contributed by atoms with Crippen molar-refractivity contribution in [3.05, 3.63) is 35.9 Å². The van der Waals surface area contributed by atoms with Gasteiger partial charge in [-0.1, -0.05) is 77.3 Å². The minimum absolute atomic E-state index is 0.739. The van der Waals surface area contributed by atoms with Gasteiger partial charge in [-0.3, -0.25) is 0 Å². The Balaban J connectivity index is 2.45. The molecule has 1 aromatic rings. The molecule has 0 bridgehead atoms. The molecule has 0 heteroatoms. The molecule has 0 amide bonds.